The van der Waals surface area contributed by atoms with E-state index < -0.39 is 30.4 Å². The van der Waals surface area contributed by atoms with E-state index in [9.17, 15) is 29.8 Å². The first-order chi connectivity index (χ1) is 26.2. The molecule has 0 bridgehead atoms. The van der Waals surface area contributed by atoms with Crippen LogP contribution >= 0.6 is 0 Å². The Morgan fingerprint density at radius 1 is 0.673 bits per heavy atom. The van der Waals surface area contributed by atoms with E-state index in [2.05, 4.69) is 13.8 Å². The number of rotatable bonds is 16. The van der Waals surface area contributed by atoms with Crippen LogP contribution in [0.25, 0.3) is 5.57 Å². The van der Waals surface area contributed by atoms with Crippen molar-refractivity contribution in [1.82, 2.24) is 0 Å². The highest BCUT2D eigenvalue weighted by molar-refractivity contribution is 7.87. The fourth-order valence-corrected chi connectivity index (χ4v) is 8.33. The fraction of sp³-hybridized carbons (Fsp3) is 0.244. The highest BCUT2D eigenvalue weighted by Crippen LogP contribution is 2.36. The molecule has 0 aromatic heterocycles. The molecule has 1 aliphatic carbocycles. The summed E-state index contributed by atoms with van der Waals surface area (Å²) in [7, 11) is -10.5. The molecule has 0 atom stereocenters. The highest BCUT2D eigenvalue weighted by Gasteiger charge is 2.23. The first kappa shape index (κ1) is 41.5. The molecule has 11 nitrogen and oxygen atoms in total. The zero-order valence-electron chi connectivity index (χ0n) is 31.1. The van der Waals surface area contributed by atoms with Crippen molar-refractivity contribution in [3.63, 3.8) is 0 Å². The van der Waals surface area contributed by atoms with Gasteiger partial charge in [-0.25, -0.2) is 8.42 Å². The van der Waals surface area contributed by atoms with Gasteiger partial charge in [-0.3, -0.25) is 8.37 Å². The van der Waals surface area contributed by atoms with Gasteiger partial charge in [0.1, 0.15) is 21.6 Å². The van der Waals surface area contributed by atoms with Crippen LogP contribution in [0.4, 0.5) is 17.1 Å². The molecule has 0 heterocycles. The Kier molecular flexibility index (Phi) is 13.4. The lowest BCUT2D eigenvalue weighted by molar-refractivity contribution is -0.439. The van der Waals surface area contributed by atoms with Gasteiger partial charge in [-0.15, -0.1) is 0 Å². The minimum atomic E-state index is -4.87. The Labute approximate surface area is 324 Å². The average Bonchev–Trinajstić information content (AvgIpc) is 3.19. The van der Waals surface area contributed by atoms with Gasteiger partial charge in [0, 0.05) is 54.2 Å². The maximum Gasteiger partial charge on any atom is 0.296 e. The van der Waals surface area contributed by atoms with Crippen molar-refractivity contribution in [2.24, 2.45) is 0 Å². The van der Waals surface area contributed by atoms with Crippen molar-refractivity contribution in [2.45, 2.75) is 54.2 Å². The van der Waals surface area contributed by atoms with Crippen LogP contribution in [0.1, 0.15) is 50.7 Å². The maximum absolute atomic E-state index is 12.6. The van der Waals surface area contributed by atoms with E-state index in [1.807, 2.05) is 70.2 Å². The molecule has 0 unspecified atom stereocenters. The third-order valence-corrected chi connectivity index (χ3v) is 12.5. The van der Waals surface area contributed by atoms with Crippen LogP contribution in [0.2, 0.25) is 0 Å². The van der Waals surface area contributed by atoms with Crippen molar-refractivity contribution < 1.29 is 42.7 Å². The Morgan fingerprint density at radius 2 is 1.27 bits per heavy atom. The van der Waals surface area contributed by atoms with E-state index in [1.54, 1.807) is 36.4 Å². The summed E-state index contributed by atoms with van der Waals surface area (Å²) in [5, 5.41) is 0. The highest BCUT2D eigenvalue weighted by atomic mass is 32.2. The second-order valence-electron chi connectivity index (χ2n) is 12.7. The zero-order chi connectivity index (χ0) is 39.8. The summed E-state index contributed by atoms with van der Waals surface area (Å²) in [5.74, 6) is 0. The van der Waals surface area contributed by atoms with Gasteiger partial charge in [0.05, 0.1) is 24.0 Å². The maximum atomic E-state index is 12.6. The van der Waals surface area contributed by atoms with Gasteiger partial charge in [-0.1, -0.05) is 69.2 Å². The normalized spacial score (nSPS) is 13.3. The van der Waals surface area contributed by atoms with Gasteiger partial charge in [-0.05, 0) is 77.7 Å². The molecule has 0 aliphatic heterocycles. The van der Waals surface area contributed by atoms with Gasteiger partial charge < -0.3 is 9.45 Å². The molecule has 0 spiro atoms. The summed E-state index contributed by atoms with van der Waals surface area (Å²) in [4.78, 5) is 1.70. The van der Waals surface area contributed by atoms with Crippen molar-refractivity contribution in [3.05, 3.63) is 138 Å². The number of hydrogen-bond donors (Lipinski definition) is 0. The summed E-state index contributed by atoms with van der Waals surface area (Å²) in [6.45, 7) is 5.31. The van der Waals surface area contributed by atoms with Crippen molar-refractivity contribution >= 4 is 58.7 Å². The summed E-state index contributed by atoms with van der Waals surface area (Å²) < 4.78 is 99.3. The summed E-state index contributed by atoms with van der Waals surface area (Å²) in [6.07, 6.45) is 10.9. The van der Waals surface area contributed by atoms with Crippen LogP contribution in [0.3, 0.4) is 0 Å². The molecule has 0 radical (unpaired) electrons. The molecule has 14 heteroatoms. The Balaban J connectivity index is 1.65. The van der Waals surface area contributed by atoms with E-state index in [-0.39, 0.29) is 20.2 Å². The molecule has 1 aliphatic rings. The number of hydrogen-bond acceptors (Lipinski definition) is 10. The van der Waals surface area contributed by atoms with Gasteiger partial charge >= 0.3 is 0 Å². The quantitative estimate of drug-likeness (QED) is 0.0626. The molecule has 0 N–H and O–H groups in total. The molecule has 0 saturated carbocycles. The molecule has 4 aromatic carbocycles. The Morgan fingerprint density at radius 3 is 1.87 bits per heavy atom. The lowest BCUT2D eigenvalue weighted by atomic mass is 9.90. The smallest absolute Gasteiger partial charge is 0.296 e. The van der Waals surface area contributed by atoms with Crippen LogP contribution < -0.4 is 4.90 Å². The van der Waals surface area contributed by atoms with Crippen LogP contribution in [-0.2, 0) is 38.7 Å². The number of benzene rings is 4. The van der Waals surface area contributed by atoms with E-state index in [4.69, 9.17) is 8.37 Å². The predicted molar refractivity (Wildman–Crippen MR) is 213 cm³/mol. The zero-order valence-corrected chi connectivity index (χ0v) is 33.5. The first-order valence-corrected chi connectivity index (χ1v) is 22.0. The van der Waals surface area contributed by atoms with Crippen LogP contribution in [0.15, 0.2) is 142 Å². The lowest BCUT2D eigenvalue weighted by Gasteiger charge is -2.26. The van der Waals surface area contributed by atoms with Crippen LogP contribution in [-0.4, -0.2) is 67.4 Å². The second-order valence-corrected chi connectivity index (χ2v) is 17.4. The van der Waals surface area contributed by atoms with Crippen molar-refractivity contribution in [3.8, 4) is 0 Å². The van der Waals surface area contributed by atoms with E-state index in [0.29, 0.717) is 41.2 Å². The Hall–Kier alpha value is -4.70. The monoisotopic (exact) mass is 804 g/mol. The van der Waals surface area contributed by atoms with Crippen LogP contribution in [0, 0.1) is 0 Å². The fourth-order valence-electron chi connectivity index (χ4n) is 6.24. The third kappa shape index (κ3) is 9.76. The average molecular weight is 805 g/mol. The molecule has 0 amide bonds. The lowest BCUT2D eigenvalue weighted by Crippen LogP contribution is -2.19. The number of unbranched alkanes of at least 4 members (excludes halogenated alkanes) is 2. The number of anilines is 2. The summed E-state index contributed by atoms with van der Waals surface area (Å²) >= 11 is 0. The van der Waals surface area contributed by atoms with Gasteiger partial charge in [0.15, 0.2) is 0 Å². The van der Waals surface area contributed by atoms with Crippen LogP contribution in [0.5, 0.6) is 0 Å². The molecule has 0 saturated heterocycles. The summed E-state index contributed by atoms with van der Waals surface area (Å²) in [5.41, 5.74) is 4.87. The van der Waals surface area contributed by atoms with Crippen molar-refractivity contribution in [2.75, 3.05) is 32.2 Å². The molecular formula is C41H44N2O9S3. The van der Waals surface area contributed by atoms with E-state index >= 15 is 0 Å². The molecule has 5 rings (SSSR count). The van der Waals surface area contributed by atoms with Gasteiger partial charge in [0.2, 0.25) is 11.4 Å². The van der Waals surface area contributed by atoms with E-state index in [0.717, 1.165) is 51.3 Å². The molecular weight excluding hydrogens is 761 g/mol. The molecule has 4 aromatic rings. The number of nitrogens with zero attached hydrogens (tertiary/aromatic N) is 2. The largest absolute Gasteiger partial charge is 0.744 e. The molecule has 0 fully saturated rings. The van der Waals surface area contributed by atoms with E-state index in [1.165, 1.54) is 24.3 Å². The SMILES string of the molecule is CCCCN(c1ccc(C(=C2C=CC(=[N+](CCCC)c3cccc(S(=O)(=O)OC)c3)C=C2)c2ccccc2S(=O)(=O)[O-])cc1)c1cccc(S(=O)(=O)OC)c1. The first-order valence-electron chi connectivity index (χ1n) is 17.7. The van der Waals surface area contributed by atoms with Gasteiger partial charge in [0.25, 0.3) is 20.2 Å². The summed E-state index contributed by atoms with van der Waals surface area (Å²) in [6, 6.07) is 26.6. The topological polar surface area (TPSA) is 150 Å². The Bertz CT molecular complexity index is 2470. The van der Waals surface area contributed by atoms with Gasteiger partial charge in [-0.2, -0.15) is 21.4 Å². The molecule has 290 valence electrons. The van der Waals surface area contributed by atoms with Crippen molar-refractivity contribution in [1.29, 1.82) is 0 Å². The minimum absolute atomic E-state index is 0.0288. The minimum Gasteiger partial charge on any atom is -0.744 e. The predicted octanol–water partition coefficient (Wildman–Crippen LogP) is 7.71. The number of allylic oxidation sites excluding steroid dienone is 5. The standard InChI is InChI=1S/C41H44N2O9S3/c1-5-7-27-42(35-13-11-15-37(29-35)54(47,48)51-3)33-23-19-31(20-24-33)41(39-17-9-10-18-40(39)53(44,45)46)32-21-25-34(26-22-32)43(28-8-6-2)36-14-12-16-38(30-36)55(49,50)52-4/h9-26,29-30H,5-8,27-28H2,1-4H3. The molecule has 55 heavy (non-hydrogen) atoms. The third-order valence-electron chi connectivity index (χ3n) is 9.11. The second kappa shape index (κ2) is 17.8.